The second-order valence-corrected chi connectivity index (χ2v) is 4.57. The molecule has 1 aliphatic rings. The molecule has 1 aromatic heterocycles. The fraction of sp³-hybridized carbons (Fsp3) is 0.750. The van der Waals surface area contributed by atoms with Crippen molar-refractivity contribution in [3.63, 3.8) is 0 Å². The van der Waals surface area contributed by atoms with Crippen LogP contribution in [0.5, 0.6) is 0 Å². The van der Waals surface area contributed by atoms with Gasteiger partial charge < -0.3 is 11.1 Å². The summed E-state index contributed by atoms with van der Waals surface area (Å²) in [4.78, 5) is 0. The van der Waals surface area contributed by atoms with Gasteiger partial charge in [-0.2, -0.15) is 5.10 Å². The summed E-state index contributed by atoms with van der Waals surface area (Å²) in [7, 11) is 0. The molecule has 0 radical (unpaired) electrons. The van der Waals surface area contributed by atoms with Gasteiger partial charge in [0.05, 0.1) is 6.20 Å². The average Bonchev–Trinajstić information content (AvgIpc) is 2.96. The summed E-state index contributed by atoms with van der Waals surface area (Å²) in [6, 6.07) is 0.918. The molecular weight excluding hydrogens is 200 g/mol. The Hall–Kier alpha value is -0.870. The molecule has 1 heterocycles. The van der Waals surface area contributed by atoms with Crippen LogP contribution in [0, 0.1) is 0 Å². The molecule has 0 spiro atoms. The molecule has 0 amide bonds. The number of nitrogens with zero attached hydrogens (tertiary/aromatic N) is 2. The number of hydrogen-bond acceptors (Lipinski definition) is 3. The van der Waals surface area contributed by atoms with Crippen LogP contribution in [0.3, 0.4) is 0 Å². The topological polar surface area (TPSA) is 55.9 Å². The molecule has 2 rings (SSSR count). The van der Waals surface area contributed by atoms with E-state index < -0.39 is 0 Å². The minimum Gasteiger partial charge on any atom is -0.329 e. The zero-order valence-corrected chi connectivity index (χ0v) is 10.0. The van der Waals surface area contributed by atoms with Crippen molar-refractivity contribution in [2.75, 3.05) is 6.54 Å². The Morgan fingerprint density at radius 2 is 2.31 bits per heavy atom. The van der Waals surface area contributed by atoms with Crippen molar-refractivity contribution in [1.29, 1.82) is 0 Å². The number of hydrogen-bond donors (Lipinski definition) is 2. The van der Waals surface area contributed by atoms with E-state index in [4.69, 9.17) is 5.73 Å². The molecule has 0 aliphatic heterocycles. The fourth-order valence-corrected chi connectivity index (χ4v) is 2.41. The van der Waals surface area contributed by atoms with Gasteiger partial charge in [-0.05, 0) is 19.8 Å². The molecule has 1 atom stereocenters. The van der Waals surface area contributed by atoms with Gasteiger partial charge in [-0.25, -0.2) is 0 Å². The molecule has 0 bridgehead atoms. The first-order chi connectivity index (χ1) is 7.83. The number of nitrogens with one attached hydrogen (secondary N) is 1. The number of rotatable bonds is 5. The lowest BCUT2D eigenvalue weighted by Gasteiger charge is -2.20. The molecule has 1 unspecified atom stereocenters. The van der Waals surface area contributed by atoms with Crippen molar-refractivity contribution in [3.05, 3.63) is 18.0 Å². The van der Waals surface area contributed by atoms with Crippen molar-refractivity contribution in [2.24, 2.45) is 5.73 Å². The fourth-order valence-electron chi connectivity index (χ4n) is 2.41. The Morgan fingerprint density at radius 3 is 2.88 bits per heavy atom. The molecule has 1 saturated carbocycles. The summed E-state index contributed by atoms with van der Waals surface area (Å²) in [5.74, 6) is 0. The minimum absolute atomic E-state index is 0.267. The maximum absolute atomic E-state index is 5.83. The van der Waals surface area contributed by atoms with Crippen molar-refractivity contribution < 1.29 is 0 Å². The Morgan fingerprint density at radius 1 is 1.56 bits per heavy atom. The van der Waals surface area contributed by atoms with Gasteiger partial charge in [-0.15, -0.1) is 0 Å². The minimum atomic E-state index is 0.267. The van der Waals surface area contributed by atoms with Crippen molar-refractivity contribution in [1.82, 2.24) is 15.1 Å². The van der Waals surface area contributed by atoms with Crippen molar-refractivity contribution in [2.45, 2.75) is 51.2 Å². The standard InChI is InChI=1S/C12H22N4/c1-2-16-9-10(8-14-16)12(7-13)15-11-5-3-4-6-11/h8-9,11-12,15H,2-7,13H2,1H3. The Kier molecular flexibility index (Phi) is 3.96. The second kappa shape index (κ2) is 5.46. The number of aromatic nitrogens is 2. The van der Waals surface area contributed by atoms with Crippen LogP contribution in [0.25, 0.3) is 0 Å². The lowest BCUT2D eigenvalue weighted by Crippen LogP contribution is -2.34. The smallest absolute Gasteiger partial charge is 0.0538 e. The molecule has 3 N–H and O–H groups in total. The Labute approximate surface area is 97.2 Å². The molecule has 4 nitrogen and oxygen atoms in total. The molecule has 16 heavy (non-hydrogen) atoms. The van der Waals surface area contributed by atoms with Crippen LogP contribution in [0.2, 0.25) is 0 Å². The van der Waals surface area contributed by atoms with Gasteiger partial charge in [0.15, 0.2) is 0 Å². The van der Waals surface area contributed by atoms with Gasteiger partial charge in [0.1, 0.15) is 0 Å². The van der Waals surface area contributed by atoms with Gasteiger partial charge in [0.25, 0.3) is 0 Å². The lowest BCUT2D eigenvalue weighted by molar-refractivity contribution is 0.444. The van der Waals surface area contributed by atoms with Crippen molar-refractivity contribution in [3.8, 4) is 0 Å². The van der Waals surface area contributed by atoms with Crippen LogP contribution in [0.15, 0.2) is 12.4 Å². The van der Waals surface area contributed by atoms with Gasteiger partial charge in [-0.3, -0.25) is 4.68 Å². The molecular formula is C12H22N4. The zero-order valence-electron chi connectivity index (χ0n) is 10.0. The molecule has 0 saturated heterocycles. The van der Waals surface area contributed by atoms with E-state index in [0.717, 1.165) is 6.54 Å². The highest BCUT2D eigenvalue weighted by molar-refractivity contribution is 5.11. The van der Waals surface area contributed by atoms with Gasteiger partial charge in [0, 0.05) is 36.9 Å². The van der Waals surface area contributed by atoms with Crippen LogP contribution >= 0.6 is 0 Å². The maximum atomic E-state index is 5.83. The zero-order chi connectivity index (χ0) is 11.4. The first-order valence-corrected chi connectivity index (χ1v) is 6.32. The quantitative estimate of drug-likeness (QED) is 0.792. The number of aryl methyl sites for hydroxylation is 1. The molecule has 4 heteroatoms. The third-order valence-electron chi connectivity index (χ3n) is 3.41. The highest BCUT2D eigenvalue weighted by Crippen LogP contribution is 2.21. The van der Waals surface area contributed by atoms with Crippen LogP contribution in [-0.2, 0) is 6.54 Å². The van der Waals surface area contributed by atoms with Crippen molar-refractivity contribution >= 4 is 0 Å². The average molecular weight is 222 g/mol. The van der Waals surface area contributed by atoms with E-state index in [-0.39, 0.29) is 6.04 Å². The third-order valence-corrected chi connectivity index (χ3v) is 3.41. The van der Waals surface area contributed by atoms with E-state index in [1.54, 1.807) is 0 Å². The van der Waals surface area contributed by atoms with E-state index in [9.17, 15) is 0 Å². The number of nitrogens with two attached hydrogens (primary N) is 1. The molecule has 90 valence electrons. The molecule has 1 fully saturated rings. The highest BCUT2D eigenvalue weighted by atomic mass is 15.3. The SMILES string of the molecule is CCn1cc(C(CN)NC2CCCC2)cn1. The van der Waals surface area contributed by atoms with Crippen LogP contribution < -0.4 is 11.1 Å². The first-order valence-electron chi connectivity index (χ1n) is 6.32. The predicted octanol–water partition coefficient (Wildman–Crippen LogP) is 1.43. The summed E-state index contributed by atoms with van der Waals surface area (Å²) in [5, 5.41) is 7.94. The lowest BCUT2D eigenvalue weighted by atomic mass is 10.1. The summed E-state index contributed by atoms with van der Waals surface area (Å²) in [6.45, 7) is 3.66. The molecule has 1 aromatic rings. The monoisotopic (exact) mass is 222 g/mol. The Balaban J connectivity index is 1.97. The van der Waals surface area contributed by atoms with Crippen LogP contribution in [-0.4, -0.2) is 22.4 Å². The summed E-state index contributed by atoms with van der Waals surface area (Å²) < 4.78 is 1.95. The summed E-state index contributed by atoms with van der Waals surface area (Å²) in [6.07, 6.45) is 9.31. The second-order valence-electron chi connectivity index (χ2n) is 4.57. The van der Waals surface area contributed by atoms with E-state index in [0.29, 0.717) is 12.6 Å². The normalized spacial score (nSPS) is 19.1. The van der Waals surface area contributed by atoms with E-state index >= 15 is 0 Å². The van der Waals surface area contributed by atoms with Gasteiger partial charge >= 0.3 is 0 Å². The van der Waals surface area contributed by atoms with Crippen LogP contribution in [0.1, 0.15) is 44.2 Å². The Bertz CT molecular complexity index is 315. The first kappa shape index (κ1) is 11.6. The van der Waals surface area contributed by atoms with Gasteiger partial charge in [-0.1, -0.05) is 12.8 Å². The third kappa shape index (κ3) is 2.62. The van der Waals surface area contributed by atoms with Gasteiger partial charge in [0.2, 0.25) is 0 Å². The largest absolute Gasteiger partial charge is 0.329 e. The van der Waals surface area contributed by atoms with Crippen LogP contribution in [0.4, 0.5) is 0 Å². The molecule has 1 aliphatic carbocycles. The summed E-state index contributed by atoms with van der Waals surface area (Å²) in [5.41, 5.74) is 7.05. The summed E-state index contributed by atoms with van der Waals surface area (Å²) >= 11 is 0. The molecule has 0 aromatic carbocycles. The highest BCUT2D eigenvalue weighted by Gasteiger charge is 2.20. The van der Waals surface area contributed by atoms with E-state index in [1.165, 1.54) is 31.2 Å². The van der Waals surface area contributed by atoms with E-state index in [2.05, 4.69) is 23.5 Å². The van der Waals surface area contributed by atoms with E-state index in [1.807, 2.05) is 10.9 Å². The predicted molar refractivity (Wildman–Crippen MR) is 65.1 cm³/mol. The maximum Gasteiger partial charge on any atom is 0.0538 e.